The SMILES string of the molecule is CCN(c1ccc(C(F)(F)F)cc1C#N)C1CCCNC1. The van der Waals surface area contributed by atoms with Gasteiger partial charge in [-0.25, -0.2) is 0 Å². The number of nitrogens with zero attached hydrogens (tertiary/aromatic N) is 2. The number of nitriles is 1. The van der Waals surface area contributed by atoms with Crippen LogP contribution in [0.2, 0.25) is 0 Å². The third-order valence-corrected chi connectivity index (χ3v) is 3.81. The van der Waals surface area contributed by atoms with E-state index in [9.17, 15) is 18.4 Å². The molecule has 2 rings (SSSR count). The molecule has 1 unspecified atom stereocenters. The first-order valence-electron chi connectivity index (χ1n) is 7.06. The number of likely N-dealkylation sites (N-methyl/N-ethyl adjacent to an activating group) is 1. The van der Waals surface area contributed by atoms with Crippen molar-refractivity contribution < 1.29 is 13.2 Å². The fourth-order valence-corrected chi connectivity index (χ4v) is 2.78. The normalized spacial score (nSPS) is 19.1. The highest BCUT2D eigenvalue weighted by Crippen LogP contribution is 2.33. The number of anilines is 1. The summed E-state index contributed by atoms with van der Waals surface area (Å²) in [4.78, 5) is 2.02. The number of halogens is 3. The Bertz CT molecular complexity index is 528. The number of benzene rings is 1. The lowest BCUT2D eigenvalue weighted by Crippen LogP contribution is -2.46. The minimum absolute atomic E-state index is 0.0808. The van der Waals surface area contributed by atoms with E-state index in [1.165, 1.54) is 6.07 Å². The number of alkyl halides is 3. The van der Waals surface area contributed by atoms with E-state index in [0.717, 1.165) is 38.1 Å². The van der Waals surface area contributed by atoms with Crippen LogP contribution in [-0.2, 0) is 6.18 Å². The Morgan fingerprint density at radius 1 is 1.43 bits per heavy atom. The van der Waals surface area contributed by atoms with Crippen molar-refractivity contribution in [2.45, 2.75) is 32.0 Å². The maximum absolute atomic E-state index is 12.7. The van der Waals surface area contributed by atoms with Crippen LogP contribution < -0.4 is 10.2 Å². The van der Waals surface area contributed by atoms with Gasteiger partial charge in [0.05, 0.1) is 16.8 Å². The first kappa shape index (κ1) is 15.6. The van der Waals surface area contributed by atoms with Crippen LogP contribution >= 0.6 is 0 Å². The van der Waals surface area contributed by atoms with Gasteiger partial charge in [0.1, 0.15) is 6.07 Å². The van der Waals surface area contributed by atoms with Crippen molar-refractivity contribution >= 4 is 5.69 Å². The van der Waals surface area contributed by atoms with Crippen LogP contribution in [0.3, 0.4) is 0 Å². The molecule has 0 amide bonds. The van der Waals surface area contributed by atoms with Crippen molar-refractivity contribution in [1.29, 1.82) is 5.26 Å². The average molecular weight is 297 g/mol. The molecule has 1 aliphatic heterocycles. The number of hydrogen-bond acceptors (Lipinski definition) is 3. The minimum atomic E-state index is -4.42. The fourth-order valence-electron chi connectivity index (χ4n) is 2.78. The summed E-state index contributed by atoms with van der Waals surface area (Å²) < 4.78 is 38.2. The van der Waals surface area contributed by atoms with Crippen molar-refractivity contribution in [3.8, 4) is 6.07 Å². The van der Waals surface area contributed by atoms with Crippen LogP contribution in [0.1, 0.15) is 30.9 Å². The lowest BCUT2D eigenvalue weighted by atomic mass is 10.0. The highest BCUT2D eigenvalue weighted by molar-refractivity contribution is 5.61. The predicted molar refractivity (Wildman–Crippen MR) is 75.1 cm³/mol. The molecule has 0 aliphatic carbocycles. The molecular formula is C15H18F3N3. The van der Waals surface area contributed by atoms with Gasteiger partial charge in [0, 0.05) is 19.1 Å². The molecule has 1 aromatic rings. The van der Waals surface area contributed by atoms with Crippen LogP contribution in [0.15, 0.2) is 18.2 Å². The maximum Gasteiger partial charge on any atom is 0.416 e. The number of hydrogen-bond donors (Lipinski definition) is 1. The van der Waals surface area contributed by atoms with Crippen LogP contribution in [0.5, 0.6) is 0 Å². The Labute approximate surface area is 122 Å². The molecule has 0 radical (unpaired) electrons. The molecule has 0 spiro atoms. The summed E-state index contributed by atoms with van der Waals surface area (Å²) in [5.74, 6) is 0. The third kappa shape index (κ3) is 3.48. The summed E-state index contributed by atoms with van der Waals surface area (Å²) in [6.45, 7) is 4.37. The molecule has 1 fully saturated rings. The van der Waals surface area contributed by atoms with E-state index in [4.69, 9.17) is 0 Å². The molecular weight excluding hydrogens is 279 g/mol. The zero-order chi connectivity index (χ0) is 15.5. The van der Waals surface area contributed by atoms with Crippen LogP contribution in [0.4, 0.5) is 18.9 Å². The minimum Gasteiger partial charge on any atom is -0.366 e. The van der Waals surface area contributed by atoms with E-state index in [1.54, 1.807) is 0 Å². The molecule has 3 nitrogen and oxygen atoms in total. The second-order valence-electron chi connectivity index (χ2n) is 5.13. The van der Waals surface area contributed by atoms with Crippen molar-refractivity contribution in [2.24, 2.45) is 0 Å². The number of piperidine rings is 1. The van der Waals surface area contributed by atoms with Crippen LogP contribution in [-0.4, -0.2) is 25.7 Å². The second kappa shape index (κ2) is 6.35. The standard InChI is InChI=1S/C15H18F3N3/c1-2-21(13-4-3-7-20-10-13)14-6-5-12(15(16,17)18)8-11(14)9-19/h5-6,8,13,20H,2-4,7,10H2,1H3. The molecule has 1 heterocycles. The van der Waals surface area contributed by atoms with E-state index in [2.05, 4.69) is 5.32 Å². The lowest BCUT2D eigenvalue weighted by molar-refractivity contribution is -0.137. The largest absolute Gasteiger partial charge is 0.416 e. The van der Waals surface area contributed by atoms with Gasteiger partial charge in [-0.2, -0.15) is 18.4 Å². The highest BCUT2D eigenvalue weighted by Gasteiger charge is 2.32. The van der Waals surface area contributed by atoms with Gasteiger partial charge in [0.2, 0.25) is 0 Å². The Hall–Kier alpha value is -1.74. The molecule has 1 aliphatic rings. The first-order valence-corrected chi connectivity index (χ1v) is 7.06. The van der Waals surface area contributed by atoms with Gasteiger partial charge in [-0.1, -0.05) is 0 Å². The summed E-state index contributed by atoms with van der Waals surface area (Å²) in [7, 11) is 0. The van der Waals surface area contributed by atoms with Crippen molar-refractivity contribution in [2.75, 3.05) is 24.5 Å². The van der Waals surface area contributed by atoms with Gasteiger partial charge in [0.25, 0.3) is 0 Å². The predicted octanol–water partition coefficient (Wildman–Crippen LogP) is 3.16. The van der Waals surface area contributed by atoms with Crippen molar-refractivity contribution in [3.05, 3.63) is 29.3 Å². The third-order valence-electron chi connectivity index (χ3n) is 3.81. The summed E-state index contributed by atoms with van der Waals surface area (Å²) >= 11 is 0. The van der Waals surface area contributed by atoms with Crippen molar-refractivity contribution in [1.82, 2.24) is 5.32 Å². The molecule has 1 aromatic carbocycles. The summed E-state index contributed by atoms with van der Waals surface area (Å²) in [5, 5.41) is 12.5. The Morgan fingerprint density at radius 3 is 2.71 bits per heavy atom. The maximum atomic E-state index is 12.7. The van der Waals surface area contributed by atoms with Crippen LogP contribution in [0, 0.1) is 11.3 Å². The first-order chi connectivity index (χ1) is 9.97. The second-order valence-corrected chi connectivity index (χ2v) is 5.13. The van der Waals surface area contributed by atoms with E-state index in [0.29, 0.717) is 12.2 Å². The summed E-state index contributed by atoms with van der Waals surface area (Å²) in [6, 6.07) is 5.52. The molecule has 1 N–H and O–H groups in total. The monoisotopic (exact) mass is 297 g/mol. The van der Waals surface area contributed by atoms with Gasteiger partial charge in [-0.05, 0) is 44.5 Å². The van der Waals surface area contributed by atoms with Gasteiger partial charge in [0.15, 0.2) is 0 Å². The number of rotatable bonds is 3. The summed E-state index contributed by atoms with van der Waals surface area (Å²) in [6.07, 6.45) is -2.41. The molecule has 0 bridgehead atoms. The van der Waals surface area contributed by atoms with Gasteiger partial charge >= 0.3 is 6.18 Å². The van der Waals surface area contributed by atoms with Gasteiger partial charge < -0.3 is 10.2 Å². The van der Waals surface area contributed by atoms with Gasteiger partial charge in [-0.15, -0.1) is 0 Å². The Kier molecular flexibility index (Phi) is 4.73. The zero-order valence-corrected chi connectivity index (χ0v) is 11.9. The van der Waals surface area contributed by atoms with E-state index >= 15 is 0 Å². The molecule has 114 valence electrons. The molecule has 0 aromatic heterocycles. The Balaban J connectivity index is 2.35. The van der Waals surface area contributed by atoms with Gasteiger partial charge in [-0.3, -0.25) is 0 Å². The quantitative estimate of drug-likeness (QED) is 0.931. The van der Waals surface area contributed by atoms with Crippen molar-refractivity contribution in [3.63, 3.8) is 0 Å². The lowest BCUT2D eigenvalue weighted by Gasteiger charge is -2.36. The molecule has 21 heavy (non-hydrogen) atoms. The summed E-state index contributed by atoms with van der Waals surface area (Å²) in [5.41, 5.74) is -0.112. The average Bonchev–Trinajstić information content (AvgIpc) is 2.48. The molecule has 0 saturated carbocycles. The fraction of sp³-hybridized carbons (Fsp3) is 0.533. The van der Waals surface area contributed by atoms with E-state index in [-0.39, 0.29) is 11.6 Å². The molecule has 1 atom stereocenters. The molecule has 1 saturated heterocycles. The Morgan fingerprint density at radius 2 is 2.19 bits per heavy atom. The highest BCUT2D eigenvalue weighted by atomic mass is 19.4. The zero-order valence-electron chi connectivity index (χ0n) is 11.9. The molecule has 6 heteroatoms. The topological polar surface area (TPSA) is 39.1 Å². The van der Waals surface area contributed by atoms with E-state index in [1.807, 2.05) is 17.9 Å². The van der Waals surface area contributed by atoms with Crippen LogP contribution in [0.25, 0.3) is 0 Å². The smallest absolute Gasteiger partial charge is 0.366 e. The van der Waals surface area contributed by atoms with E-state index < -0.39 is 11.7 Å². The number of nitrogens with one attached hydrogen (secondary N) is 1.